The van der Waals surface area contributed by atoms with Crippen molar-refractivity contribution in [3.63, 3.8) is 0 Å². The van der Waals surface area contributed by atoms with Crippen LogP contribution in [0.5, 0.6) is 0 Å². The maximum atomic E-state index is 12.8. The zero-order valence-electron chi connectivity index (χ0n) is 17.4. The molecule has 0 aliphatic carbocycles. The van der Waals surface area contributed by atoms with Gasteiger partial charge in [0.05, 0.1) is 11.6 Å². The van der Waals surface area contributed by atoms with Gasteiger partial charge < -0.3 is 14.4 Å². The van der Waals surface area contributed by atoms with E-state index in [0.29, 0.717) is 32.4 Å². The van der Waals surface area contributed by atoms with E-state index in [0.717, 1.165) is 12.0 Å². The lowest BCUT2D eigenvalue weighted by Crippen LogP contribution is -2.57. The van der Waals surface area contributed by atoms with E-state index < -0.39 is 23.3 Å². The Morgan fingerprint density at radius 3 is 2.38 bits per heavy atom. The van der Waals surface area contributed by atoms with Gasteiger partial charge in [-0.05, 0) is 52.0 Å². The number of benzene rings is 1. The second kappa shape index (κ2) is 8.32. The molecule has 1 aromatic carbocycles. The topological polar surface area (TPSA) is 82.9 Å². The summed E-state index contributed by atoms with van der Waals surface area (Å²) in [4.78, 5) is 28.6. The molecule has 0 unspecified atom stereocenters. The van der Waals surface area contributed by atoms with Crippen LogP contribution in [-0.2, 0) is 16.1 Å². The number of hydrogen-bond acceptors (Lipinski definition) is 5. The molecule has 2 amide bonds. The summed E-state index contributed by atoms with van der Waals surface area (Å²) in [5.41, 5.74) is -0.111. The second-order valence-electron chi connectivity index (χ2n) is 8.79. The fourth-order valence-corrected chi connectivity index (χ4v) is 4.15. The fourth-order valence-electron chi connectivity index (χ4n) is 4.15. The molecule has 2 aliphatic heterocycles. The monoisotopic (exact) mass is 399 g/mol. The lowest BCUT2D eigenvalue weighted by atomic mass is 9.85. The summed E-state index contributed by atoms with van der Waals surface area (Å²) in [6, 6.07) is 11.3. The first-order valence-corrected chi connectivity index (χ1v) is 10.1. The molecule has 29 heavy (non-hydrogen) atoms. The average molecular weight is 399 g/mol. The van der Waals surface area contributed by atoms with E-state index in [1.54, 1.807) is 9.80 Å². The quantitative estimate of drug-likeness (QED) is 0.748. The molecule has 0 bridgehead atoms. The van der Waals surface area contributed by atoms with Crippen molar-refractivity contribution >= 4 is 12.2 Å². The molecule has 1 spiro atoms. The largest absolute Gasteiger partial charge is 0.445 e. The van der Waals surface area contributed by atoms with Gasteiger partial charge in [0.2, 0.25) is 0 Å². The standard InChI is InChI=1S/C22H29N3O4/c1-21(2,3)29-20(27)25-18(15-23)9-10-22(25)11-13-24(14-12-22)19(26)28-16-17-7-5-4-6-8-17/h4-8,18H,9-14,16H2,1-3H3/t18-/m1/s1. The highest BCUT2D eigenvalue weighted by Crippen LogP contribution is 2.42. The predicted octanol–water partition coefficient (Wildman–Crippen LogP) is 4.08. The number of nitrogens with zero attached hydrogens (tertiary/aromatic N) is 3. The average Bonchev–Trinajstić information content (AvgIpc) is 3.04. The third-order valence-corrected chi connectivity index (χ3v) is 5.60. The number of carbonyl (C=O) groups is 2. The van der Waals surface area contributed by atoms with Crippen LogP contribution in [0.2, 0.25) is 0 Å². The first-order chi connectivity index (χ1) is 13.7. The normalized spacial score (nSPS) is 21.0. The highest BCUT2D eigenvalue weighted by atomic mass is 16.6. The molecule has 1 aromatic rings. The van der Waals surface area contributed by atoms with E-state index in [4.69, 9.17) is 9.47 Å². The highest BCUT2D eigenvalue weighted by Gasteiger charge is 2.52. The Hall–Kier alpha value is -2.75. The predicted molar refractivity (Wildman–Crippen MR) is 107 cm³/mol. The maximum absolute atomic E-state index is 12.8. The van der Waals surface area contributed by atoms with Crippen molar-refractivity contribution in [2.24, 2.45) is 0 Å². The Labute approximate surface area is 172 Å². The van der Waals surface area contributed by atoms with E-state index in [1.165, 1.54) is 0 Å². The number of rotatable bonds is 2. The van der Waals surface area contributed by atoms with Gasteiger partial charge in [0.1, 0.15) is 18.2 Å². The molecule has 2 fully saturated rings. The van der Waals surface area contributed by atoms with Crippen LogP contribution >= 0.6 is 0 Å². The number of hydrogen-bond donors (Lipinski definition) is 0. The summed E-state index contributed by atoms with van der Waals surface area (Å²) >= 11 is 0. The van der Waals surface area contributed by atoms with Gasteiger partial charge >= 0.3 is 12.2 Å². The van der Waals surface area contributed by atoms with Crippen molar-refractivity contribution in [3.05, 3.63) is 35.9 Å². The summed E-state index contributed by atoms with van der Waals surface area (Å²) in [5, 5.41) is 9.53. The number of nitriles is 1. The molecule has 0 saturated carbocycles. The van der Waals surface area contributed by atoms with Gasteiger partial charge in [-0.1, -0.05) is 30.3 Å². The molecule has 0 aromatic heterocycles. The van der Waals surface area contributed by atoms with Crippen molar-refractivity contribution in [1.82, 2.24) is 9.80 Å². The minimum Gasteiger partial charge on any atom is -0.445 e. The zero-order chi connectivity index (χ0) is 21.1. The molecule has 7 heteroatoms. The Morgan fingerprint density at radius 2 is 1.79 bits per heavy atom. The molecule has 0 N–H and O–H groups in total. The van der Waals surface area contributed by atoms with E-state index in [1.807, 2.05) is 51.1 Å². The smallest absolute Gasteiger partial charge is 0.411 e. The fraction of sp³-hybridized carbons (Fsp3) is 0.591. The first kappa shape index (κ1) is 21.0. The van der Waals surface area contributed by atoms with Crippen LogP contribution in [0.15, 0.2) is 30.3 Å². The van der Waals surface area contributed by atoms with Gasteiger partial charge in [-0.3, -0.25) is 4.90 Å². The molecule has 156 valence electrons. The third kappa shape index (κ3) is 4.81. The molecule has 1 atom stereocenters. The van der Waals surface area contributed by atoms with Gasteiger partial charge in [0.25, 0.3) is 0 Å². The Bertz CT molecular complexity index is 773. The number of amides is 2. The van der Waals surface area contributed by atoms with Crippen molar-refractivity contribution in [2.45, 2.75) is 70.2 Å². The molecule has 2 saturated heterocycles. The minimum absolute atomic E-state index is 0.238. The summed E-state index contributed by atoms with van der Waals surface area (Å²) in [5.74, 6) is 0. The Kier molecular flexibility index (Phi) is 6.02. The highest BCUT2D eigenvalue weighted by molar-refractivity contribution is 5.71. The van der Waals surface area contributed by atoms with Gasteiger partial charge in [-0.2, -0.15) is 5.26 Å². The first-order valence-electron chi connectivity index (χ1n) is 10.1. The summed E-state index contributed by atoms with van der Waals surface area (Å²) in [6.07, 6.45) is 1.82. The SMILES string of the molecule is CC(C)(C)OC(=O)N1[C@@H](C#N)CCC12CCN(C(=O)OCc1ccccc1)CC2. The molecular weight excluding hydrogens is 370 g/mol. The van der Waals surface area contributed by atoms with E-state index in [9.17, 15) is 14.9 Å². The van der Waals surface area contributed by atoms with E-state index in [-0.39, 0.29) is 12.7 Å². The Balaban J connectivity index is 1.61. The second-order valence-corrected chi connectivity index (χ2v) is 8.79. The van der Waals surface area contributed by atoms with Crippen LogP contribution in [-0.4, -0.2) is 52.3 Å². The number of likely N-dealkylation sites (tertiary alicyclic amines) is 2. The van der Waals surface area contributed by atoms with Crippen molar-refractivity contribution in [3.8, 4) is 6.07 Å². The minimum atomic E-state index is -0.622. The Morgan fingerprint density at radius 1 is 1.14 bits per heavy atom. The number of ether oxygens (including phenoxy) is 2. The van der Waals surface area contributed by atoms with Crippen LogP contribution in [0.1, 0.15) is 52.0 Å². The molecule has 3 rings (SSSR count). The van der Waals surface area contributed by atoms with Crippen LogP contribution in [0.25, 0.3) is 0 Å². The molecule has 2 heterocycles. The summed E-state index contributed by atoms with van der Waals surface area (Å²) < 4.78 is 11.0. The van der Waals surface area contributed by atoms with Gasteiger partial charge in [0.15, 0.2) is 0 Å². The lowest BCUT2D eigenvalue weighted by molar-refractivity contribution is -0.0126. The van der Waals surface area contributed by atoms with Crippen LogP contribution in [0.4, 0.5) is 9.59 Å². The van der Waals surface area contributed by atoms with Gasteiger partial charge in [-0.25, -0.2) is 9.59 Å². The van der Waals surface area contributed by atoms with Gasteiger partial charge in [-0.15, -0.1) is 0 Å². The number of piperidine rings is 1. The molecule has 7 nitrogen and oxygen atoms in total. The number of carbonyl (C=O) groups excluding carboxylic acids is 2. The van der Waals surface area contributed by atoms with Gasteiger partial charge in [0, 0.05) is 13.1 Å². The van der Waals surface area contributed by atoms with Crippen molar-refractivity contribution in [1.29, 1.82) is 5.26 Å². The maximum Gasteiger partial charge on any atom is 0.411 e. The zero-order valence-corrected chi connectivity index (χ0v) is 17.4. The van der Waals surface area contributed by atoms with E-state index in [2.05, 4.69) is 6.07 Å². The van der Waals surface area contributed by atoms with Crippen LogP contribution in [0.3, 0.4) is 0 Å². The lowest BCUT2D eigenvalue weighted by Gasteiger charge is -2.45. The third-order valence-electron chi connectivity index (χ3n) is 5.60. The van der Waals surface area contributed by atoms with E-state index >= 15 is 0 Å². The van der Waals surface area contributed by atoms with Crippen LogP contribution < -0.4 is 0 Å². The van der Waals surface area contributed by atoms with Crippen molar-refractivity contribution in [2.75, 3.05) is 13.1 Å². The molecule has 0 radical (unpaired) electrons. The molecular formula is C22H29N3O4. The van der Waals surface area contributed by atoms with Crippen molar-refractivity contribution < 1.29 is 19.1 Å². The summed E-state index contributed by atoms with van der Waals surface area (Å²) in [7, 11) is 0. The summed E-state index contributed by atoms with van der Waals surface area (Å²) in [6.45, 7) is 6.68. The molecule has 2 aliphatic rings. The van der Waals surface area contributed by atoms with Crippen LogP contribution in [0, 0.1) is 11.3 Å².